The Kier molecular flexibility index (Phi) is 5.22. The van der Waals surface area contributed by atoms with Gasteiger partial charge in [-0.2, -0.15) is 0 Å². The number of aliphatic hydroxyl groups excluding tert-OH is 1. The first kappa shape index (κ1) is 14.1. The van der Waals surface area contributed by atoms with Crippen molar-refractivity contribution in [3.8, 4) is 0 Å². The van der Waals surface area contributed by atoms with Crippen LogP contribution in [-0.4, -0.2) is 42.3 Å². The van der Waals surface area contributed by atoms with E-state index in [2.05, 4.69) is 5.32 Å². The smallest absolute Gasteiger partial charge is 0.282 e. The molecule has 0 aliphatic heterocycles. The highest BCUT2D eigenvalue weighted by Crippen LogP contribution is 2.17. The molecule has 18 heavy (non-hydrogen) atoms. The highest BCUT2D eigenvalue weighted by molar-refractivity contribution is 5.98. The van der Waals surface area contributed by atoms with Crippen molar-refractivity contribution in [2.45, 2.75) is 6.10 Å². The Bertz CT molecular complexity index is 435. The highest BCUT2D eigenvalue weighted by Gasteiger charge is 2.19. The molecule has 0 saturated carbocycles. The molecule has 1 amide bonds. The number of ether oxygens (including phenoxy) is 1. The molecule has 0 bridgehead atoms. The summed E-state index contributed by atoms with van der Waals surface area (Å²) in [5.74, 6) is -0.600. The number of aliphatic hydroxyl groups is 1. The average molecular weight is 254 g/mol. The normalized spacial score (nSPS) is 11.9. The third kappa shape index (κ3) is 3.79. The Labute approximate surface area is 104 Å². The lowest BCUT2D eigenvalue weighted by Crippen LogP contribution is -2.34. The van der Waals surface area contributed by atoms with Crippen LogP contribution in [0.1, 0.15) is 10.4 Å². The van der Waals surface area contributed by atoms with E-state index in [1.807, 2.05) is 0 Å². The number of nitrogens with zero attached hydrogens (tertiary/aromatic N) is 1. The van der Waals surface area contributed by atoms with Gasteiger partial charge in [-0.15, -0.1) is 0 Å². The van der Waals surface area contributed by atoms with E-state index in [9.17, 15) is 20.0 Å². The minimum Gasteiger partial charge on any atom is -0.389 e. The summed E-state index contributed by atoms with van der Waals surface area (Å²) in [4.78, 5) is 21.8. The molecule has 1 aromatic rings. The lowest BCUT2D eigenvalue weighted by Gasteiger charge is -2.10. The van der Waals surface area contributed by atoms with Gasteiger partial charge in [0.25, 0.3) is 11.6 Å². The quantitative estimate of drug-likeness (QED) is 0.562. The Hall–Kier alpha value is -1.99. The molecule has 0 heterocycles. The Morgan fingerprint density at radius 2 is 2.22 bits per heavy atom. The zero-order valence-corrected chi connectivity index (χ0v) is 9.83. The molecule has 7 heteroatoms. The van der Waals surface area contributed by atoms with Gasteiger partial charge in [0.1, 0.15) is 5.56 Å². The van der Waals surface area contributed by atoms with E-state index >= 15 is 0 Å². The molecule has 0 aromatic heterocycles. The molecule has 1 atom stereocenters. The number of nitro benzene ring substituents is 1. The van der Waals surface area contributed by atoms with Crippen LogP contribution >= 0.6 is 0 Å². The van der Waals surface area contributed by atoms with Crippen molar-refractivity contribution in [1.29, 1.82) is 0 Å². The first-order valence-electron chi connectivity index (χ1n) is 5.25. The van der Waals surface area contributed by atoms with Gasteiger partial charge >= 0.3 is 0 Å². The number of nitrogens with one attached hydrogen (secondary N) is 1. The van der Waals surface area contributed by atoms with Crippen LogP contribution in [0, 0.1) is 10.1 Å². The Morgan fingerprint density at radius 1 is 1.56 bits per heavy atom. The van der Waals surface area contributed by atoms with Crippen LogP contribution in [-0.2, 0) is 4.74 Å². The van der Waals surface area contributed by atoms with E-state index in [-0.39, 0.29) is 24.4 Å². The SMILES string of the molecule is COCC(O)CNC(=O)c1ccccc1[N+](=O)[O-]. The zero-order valence-electron chi connectivity index (χ0n) is 9.83. The van der Waals surface area contributed by atoms with E-state index in [0.717, 1.165) is 0 Å². The lowest BCUT2D eigenvalue weighted by atomic mass is 10.1. The number of para-hydroxylation sites is 1. The fourth-order valence-corrected chi connectivity index (χ4v) is 1.38. The van der Waals surface area contributed by atoms with Crippen molar-refractivity contribution in [3.05, 3.63) is 39.9 Å². The third-order valence-electron chi connectivity index (χ3n) is 2.20. The van der Waals surface area contributed by atoms with Gasteiger partial charge in [0.2, 0.25) is 0 Å². The van der Waals surface area contributed by atoms with Crippen molar-refractivity contribution in [1.82, 2.24) is 5.32 Å². The fourth-order valence-electron chi connectivity index (χ4n) is 1.38. The highest BCUT2D eigenvalue weighted by atomic mass is 16.6. The molecule has 1 aromatic carbocycles. The number of methoxy groups -OCH3 is 1. The van der Waals surface area contributed by atoms with Gasteiger partial charge in [-0.3, -0.25) is 14.9 Å². The second kappa shape index (κ2) is 6.67. The second-order valence-corrected chi connectivity index (χ2v) is 3.59. The van der Waals surface area contributed by atoms with E-state index in [1.165, 1.54) is 31.4 Å². The topological polar surface area (TPSA) is 102 Å². The summed E-state index contributed by atoms with van der Waals surface area (Å²) in [5, 5.41) is 22.5. The molecular formula is C11H14N2O5. The van der Waals surface area contributed by atoms with Gasteiger partial charge in [-0.1, -0.05) is 12.1 Å². The number of nitro groups is 1. The van der Waals surface area contributed by atoms with Gasteiger partial charge in [0, 0.05) is 19.7 Å². The van der Waals surface area contributed by atoms with Crippen molar-refractivity contribution in [2.75, 3.05) is 20.3 Å². The van der Waals surface area contributed by atoms with Gasteiger partial charge in [0.15, 0.2) is 0 Å². The van der Waals surface area contributed by atoms with Gasteiger partial charge in [-0.05, 0) is 6.07 Å². The maximum Gasteiger partial charge on any atom is 0.282 e. The molecule has 0 aliphatic carbocycles. The van der Waals surface area contributed by atoms with Gasteiger partial charge in [-0.25, -0.2) is 0 Å². The summed E-state index contributed by atoms with van der Waals surface area (Å²) >= 11 is 0. The first-order chi connectivity index (χ1) is 8.56. The lowest BCUT2D eigenvalue weighted by molar-refractivity contribution is -0.385. The number of hydrogen-bond acceptors (Lipinski definition) is 5. The molecule has 0 spiro atoms. The van der Waals surface area contributed by atoms with Crippen molar-refractivity contribution in [3.63, 3.8) is 0 Å². The summed E-state index contributed by atoms with van der Waals surface area (Å²) < 4.78 is 4.69. The largest absolute Gasteiger partial charge is 0.389 e. The van der Waals surface area contributed by atoms with Crippen molar-refractivity contribution in [2.24, 2.45) is 0 Å². The third-order valence-corrected chi connectivity index (χ3v) is 2.20. The number of carbonyl (C=O) groups excluding carboxylic acids is 1. The van der Waals surface area contributed by atoms with Crippen LogP contribution in [0.4, 0.5) is 5.69 Å². The Morgan fingerprint density at radius 3 is 2.83 bits per heavy atom. The summed E-state index contributed by atoms with van der Waals surface area (Å²) in [6.07, 6.45) is -0.846. The van der Waals surface area contributed by atoms with Gasteiger partial charge in [0.05, 0.1) is 17.6 Å². The molecule has 0 saturated heterocycles. The Balaban J connectivity index is 2.70. The first-order valence-corrected chi connectivity index (χ1v) is 5.25. The summed E-state index contributed by atoms with van der Waals surface area (Å²) in [6.45, 7) is 0.0515. The number of carbonyl (C=O) groups is 1. The van der Waals surface area contributed by atoms with E-state index < -0.39 is 16.9 Å². The van der Waals surface area contributed by atoms with Gasteiger partial charge < -0.3 is 15.2 Å². The van der Waals surface area contributed by atoms with Crippen LogP contribution in [0.3, 0.4) is 0 Å². The average Bonchev–Trinajstić information content (AvgIpc) is 2.36. The molecule has 0 radical (unpaired) electrons. The molecule has 1 unspecified atom stereocenters. The molecule has 98 valence electrons. The molecule has 7 nitrogen and oxygen atoms in total. The van der Waals surface area contributed by atoms with E-state index in [4.69, 9.17) is 4.74 Å². The van der Waals surface area contributed by atoms with Crippen LogP contribution in [0.2, 0.25) is 0 Å². The molecule has 2 N–H and O–H groups in total. The molecule has 0 aliphatic rings. The maximum atomic E-state index is 11.7. The second-order valence-electron chi connectivity index (χ2n) is 3.59. The van der Waals surface area contributed by atoms with Crippen LogP contribution in [0.25, 0.3) is 0 Å². The summed E-state index contributed by atoms with van der Waals surface area (Å²) in [7, 11) is 1.42. The monoisotopic (exact) mass is 254 g/mol. The minimum absolute atomic E-state index is 0.0290. The van der Waals surface area contributed by atoms with Crippen molar-refractivity contribution < 1.29 is 19.6 Å². The standard InChI is InChI=1S/C11H14N2O5/c1-18-7-8(14)6-12-11(15)9-4-2-3-5-10(9)13(16)17/h2-5,8,14H,6-7H2,1H3,(H,12,15). The number of benzene rings is 1. The van der Waals surface area contributed by atoms with Crippen LogP contribution in [0.15, 0.2) is 24.3 Å². The van der Waals surface area contributed by atoms with E-state index in [1.54, 1.807) is 0 Å². The van der Waals surface area contributed by atoms with Crippen LogP contribution in [0.5, 0.6) is 0 Å². The zero-order chi connectivity index (χ0) is 13.5. The predicted molar refractivity (Wildman–Crippen MR) is 63.3 cm³/mol. The van der Waals surface area contributed by atoms with E-state index in [0.29, 0.717) is 0 Å². The number of hydrogen-bond donors (Lipinski definition) is 2. The fraction of sp³-hybridized carbons (Fsp3) is 0.364. The summed E-state index contributed by atoms with van der Waals surface area (Å²) in [5.41, 5.74) is -0.302. The minimum atomic E-state index is -0.846. The van der Waals surface area contributed by atoms with Crippen LogP contribution < -0.4 is 5.32 Å². The predicted octanol–water partition coefficient (Wildman–Crippen LogP) is 0.332. The molecule has 1 rings (SSSR count). The number of rotatable bonds is 6. The maximum absolute atomic E-state index is 11.7. The molecule has 0 fully saturated rings. The van der Waals surface area contributed by atoms with Crippen molar-refractivity contribution >= 4 is 11.6 Å². The number of amides is 1. The molecular weight excluding hydrogens is 240 g/mol. The summed E-state index contributed by atoms with van der Waals surface area (Å²) in [6, 6.07) is 5.62.